The maximum absolute atomic E-state index is 13.2. The van der Waals surface area contributed by atoms with Crippen LogP contribution in [0.1, 0.15) is 43.7 Å². The van der Waals surface area contributed by atoms with E-state index in [-0.39, 0.29) is 23.1 Å². The summed E-state index contributed by atoms with van der Waals surface area (Å²) in [5, 5.41) is 5.36. The number of benzene rings is 2. The van der Waals surface area contributed by atoms with Crippen LogP contribution in [0.25, 0.3) is 10.9 Å². The summed E-state index contributed by atoms with van der Waals surface area (Å²) >= 11 is 0. The van der Waals surface area contributed by atoms with E-state index in [0.717, 1.165) is 34.9 Å². The Labute approximate surface area is 175 Å². The van der Waals surface area contributed by atoms with Gasteiger partial charge in [-0.25, -0.2) is 9.82 Å². The molecule has 3 atom stereocenters. The van der Waals surface area contributed by atoms with Crippen molar-refractivity contribution in [2.24, 2.45) is 22.4 Å². The van der Waals surface area contributed by atoms with E-state index < -0.39 is 0 Å². The number of carbonyl (C=O) groups is 1. The van der Waals surface area contributed by atoms with E-state index in [1.165, 1.54) is 25.0 Å². The molecule has 5 rings (SSSR count). The Bertz CT molecular complexity index is 1120. The second-order valence-corrected chi connectivity index (χ2v) is 8.93. The molecule has 0 spiro atoms. The number of halogens is 1. The lowest BCUT2D eigenvalue weighted by molar-refractivity contribution is -0.123. The van der Waals surface area contributed by atoms with Crippen molar-refractivity contribution in [3.05, 3.63) is 71.7 Å². The number of aromatic nitrogens is 1. The quantitative estimate of drug-likeness (QED) is 0.467. The Kier molecular flexibility index (Phi) is 4.69. The lowest BCUT2D eigenvalue weighted by Gasteiger charge is -2.15. The molecular weight excluding hydrogens is 377 g/mol. The van der Waals surface area contributed by atoms with Crippen molar-refractivity contribution >= 4 is 23.0 Å². The van der Waals surface area contributed by atoms with Crippen LogP contribution in [0.15, 0.2) is 59.8 Å². The average molecular weight is 404 g/mol. The summed E-state index contributed by atoms with van der Waals surface area (Å²) in [6.07, 6.45) is 8.54. The molecule has 0 saturated heterocycles. The highest BCUT2D eigenvalue weighted by atomic mass is 19.1. The molecule has 1 N–H and O–H groups in total. The fraction of sp³-hybridized carbons (Fsp3) is 0.360. The van der Waals surface area contributed by atoms with Gasteiger partial charge in [0.15, 0.2) is 0 Å². The van der Waals surface area contributed by atoms with E-state index >= 15 is 0 Å². The van der Waals surface area contributed by atoms with Crippen molar-refractivity contribution in [1.29, 1.82) is 0 Å². The Morgan fingerprint density at radius 3 is 2.80 bits per heavy atom. The summed E-state index contributed by atoms with van der Waals surface area (Å²) in [5.74, 6) is 0.454. The maximum atomic E-state index is 13.2. The van der Waals surface area contributed by atoms with Crippen molar-refractivity contribution in [2.75, 3.05) is 0 Å². The van der Waals surface area contributed by atoms with Gasteiger partial charge in [0, 0.05) is 35.1 Å². The van der Waals surface area contributed by atoms with Crippen LogP contribution in [-0.4, -0.2) is 16.7 Å². The molecule has 30 heavy (non-hydrogen) atoms. The van der Waals surface area contributed by atoms with E-state index in [9.17, 15) is 9.18 Å². The molecule has 4 nitrogen and oxygen atoms in total. The third-order valence-electron chi connectivity index (χ3n) is 7.08. The molecule has 1 amide bonds. The second-order valence-electron chi connectivity index (χ2n) is 8.93. The highest BCUT2D eigenvalue weighted by Crippen LogP contribution is 2.66. The normalized spacial score (nSPS) is 25.4. The second kappa shape index (κ2) is 7.38. The minimum atomic E-state index is -0.232. The Hall–Kier alpha value is -2.95. The molecule has 2 aromatic carbocycles. The lowest BCUT2D eigenvalue weighted by atomic mass is 9.90. The number of rotatable bonds is 5. The molecule has 2 fully saturated rings. The molecular formula is C25H26FN3O. The fourth-order valence-corrected chi connectivity index (χ4v) is 5.38. The average Bonchev–Trinajstić information content (AvgIpc) is 3.25. The number of nitrogens with zero attached hydrogens (tertiary/aromatic N) is 2. The third kappa shape index (κ3) is 3.32. The number of fused-ring (bicyclic) bond motifs is 2. The molecule has 0 aliphatic heterocycles. The number of hydrazone groups is 1. The molecule has 2 aliphatic rings. The fourth-order valence-electron chi connectivity index (χ4n) is 5.38. The molecule has 154 valence electrons. The zero-order chi connectivity index (χ0) is 20.7. The summed E-state index contributed by atoms with van der Waals surface area (Å²) in [7, 11) is 0. The molecule has 0 radical (unpaired) electrons. The van der Waals surface area contributed by atoms with Crippen molar-refractivity contribution in [3.63, 3.8) is 0 Å². The van der Waals surface area contributed by atoms with Crippen LogP contribution >= 0.6 is 0 Å². The summed E-state index contributed by atoms with van der Waals surface area (Å²) in [5.41, 5.74) is 6.02. The zero-order valence-electron chi connectivity index (χ0n) is 17.1. The third-order valence-corrected chi connectivity index (χ3v) is 7.08. The van der Waals surface area contributed by atoms with Gasteiger partial charge in [0.25, 0.3) is 0 Å². The Morgan fingerprint density at radius 2 is 2.03 bits per heavy atom. The van der Waals surface area contributed by atoms with Gasteiger partial charge in [-0.15, -0.1) is 0 Å². The summed E-state index contributed by atoms with van der Waals surface area (Å²) in [4.78, 5) is 12.6. The maximum Gasteiger partial charge on any atom is 0.244 e. The van der Waals surface area contributed by atoms with Crippen molar-refractivity contribution in [3.8, 4) is 0 Å². The molecule has 5 heteroatoms. The van der Waals surface area contributed by atoms with Gasteiger partial charge in [-0.05, 0) is 47.9 Å². The highest BCUT2D eigenvalue weighted by molar-refractivity contribution is 5.99. The number of amides is 1. The largest absolute Gasteiger partial charge is 0.342 e. The van der Waals surface area contributed by atoms with E-state index in [4.69, 9.17) is 0 Å². The van der Waals surface area contributed by atoms with Crippen molar-refractivity contribution in [1.82, 2.24) is 9.99 Å². The van der Waals surface area contributed by atoms with Crippen LogP contribution in [-0.2, 0) is 11.3 Å². The zero-order valence-corrected chi connectivity index (χ0v) is 17.1. The monoisotopic (exact) mass is 403 g/mol. The smallest absolute Gasteiger partial charge is 0.244 e. The van der Waals surface area contributed by atoms with Gasteiger partial charge in [0.1, 0.15) is 5.82 Å². The lowest BCUT2D eigenvalue weighted by Crippen LogP contribution is -2.22. The van der Waals surface area contributed by atoms with Gasteiger partial charge in [0.2, 0.25) is 5.91 Å². The van der Waals surface area contributed by atoms with Crippen molar-refractivity contribution < 1.29 is 9.18 Å². The van der Waals surface area contributed by atoms with E-state index in [1.807, 2.05) is 18.3 Å². The van der Waals surface area contributed by atoms with Gasteiger partial charge in [-0.1, -0.05) is 50.1 Å². The van der Waals surface area contributed by atoms with Gasteiger partial charge in [0.05, 0.1) is 6.21 Å². The van der Waals surface area contributed by atoms with Crippen molar-refractivity contribution in [2.45, 2.75) is 39.2 Å². The first-order chi connectivity index (χ1) is 14.6. The molecule has 3 aromatic rings. The molecule has 1 aromatic heterocycles. The van der Waals surface area contributed by atoms with Crippen LogP contribution < -0.4 is 5.43 Å². The van der Waals surface area contributed by atoms with Crippen LogP contribution in [0.5, 0.6) is 0 Å². The molecule has 0 unspecified atom stereocenters. The SMILES string of the molecule is C[C@@]12CCCC[C@@H]1[C@@H]2C(=O)N/N=C\c1cn(Cc2ccc(F)cc2)c2ccccc12. The van der Waals surface area contributed by atoms with E-state index in [2.05, 4.69) is 34.2 Å². The predicted molar refractivity (Wildman–Crippen MR) is 117 cm³/mol. The van der Waals surface area contributed by atoms with Gasteiger partial charge in [-0.3, -0.25) is 4.79 Å². The molecule has 2 aliphatic carbocycles. The van der Waals surface area contributed by atoms with E-state index in [1.54, 1.807) is 18.3 Å². The van der Waals surface area contributed by atoms with Gasteiger partial charge < -0.3 is 4.57 Å². The van der Waals surface area contributed by atoms with Crippen LogP contribution in [0.4, 0.5) is 4.39 Å². The molecule has 2 saturated carbocycles. The van der Waals surface area contributed by atoms with E-state index in [0.29, 0.717) is 12.5 Å². The van der Waals surface area contributed by atoms with Gasteiger partial charge in [-0.2, -0.15) is 5.10 Å². The molecule has 0 bridgehead atoms. The molecule has 1 heterocycles. The Balaban J connectivity index is 1.33. The van der Waals surface area contributed by atoms with Crippen LogP contribution in [0.2, 0.25) is 0 Å². The summed E-state index contributed by atoms with van der Waals surface area (Å²) in [6, 6.07) is 14.7. The van der Waals surface area contributed by atoms with Crippen LogP contribution in [0, 0.1) is 23.1 Å². The van der Waals surface area contributed by atoms with Crippen LogP contribution in [0.3, 0.4) is 0 Å². The topological polar surface area (TPSA) is 46.4 Å². The number of carbonyl (C=O) groups excluding carboxylic acids is 1. The first kappa shape index (κ1) is 19.0. The number of para-hydroxylation sites is 1. The predicted octanol–water partition coefficient (Wildman–Crippen LogP) is 5.11. The highest BCUT2D eigenvalue weighted by Gasteiger charge is 2.64. The number of nitrogens with one attached hydrogen (secondary N) is 1. The van der Waals surface area contributed by atoms with Gasteiger partial charge >= 0.3 is 0 Å². The first-order valence-corrected chi connectivity index (χ1v) is 10.7. The minimum absolute atomic E-state index is 0.0516. The first-order valence-electron chi connectivity index (χ1n) is 10.7. The minimum Gasteiger partial charge on any atom is -0.342 e. The standard InChI is InChI=1S/C25H26FN3O/c1-25-13-5-4-7-21(25)23(25)24(30)28-27-14-18-16-29(22-8-3-2-6-20(18)22)15-17-9-11-19(26)12-10-17/h2-3,6,8-12,14,16,21,23H,4-5,7,13,15H2,1H3,(H,28,30)/b27-14-/t21-,23-,25-/m1/s1. The Morgan fingerprint density at radius 1 is 1.23 bits per heavy atom. The number of hydrogen-bond donors (Lipinski definition) is 1. The number of hydrogen-bond acceptors (Lipinski definition) is 2. The summed E-state index contributed by atoms with van der Waals surface area (Å²) in [6.45, 7) is 2.89. The summed E-state index contributed by atoms with van der Waals surface area (Å²) < 4.78 is 15.3.